The van der Waals surface area contributed by atoms with E-state index in [9.17, 15) is 9.59 Å². The maximum absolute atomic E-state index is 11.8. The number of rotatable bonds is 4. The van der Waals surface area contributed by atoms with E-state index in [0.717, 1.165) is 12.8 Å². The van der Waals surface area contributed by atoms with Gasteiger partial charge in [-0.05, 0) is 46.5 Å². The first-order valence-electron chi connectivity index (χ1n) is 7.39. The SMILES string of the molecule is CCOC(=O)C(C)C1CCN(OC(=O)C(C)(C)C)CC1. The molecule has 0 spiro atoms. The van der Waals surface area contributed by atoms with Crippen LogP contribution in [0.5, 0.6) is 0 Å². The van der Waals surface area contributed by atoms with Crippen molar-refractivity contribution in [2.45, 2.75) is 47.5 Å². The predicted octanol–water partition coefficient (Wildman–Crippen LogP) is 2.40. The van der Waals surface area contributed by atoms with Gasteiger partial charge >= 0.3 is 11.9 Å². The highest BCUT2D eigenvalue weighted by atomic mass is 16.7. The van der Waals surface area contributed by atoms with Gasteiger partial charge in [0.05, 0.1) is 17.9 Å². The highest BCUT2D eigenvalue weighted by Crippen LogP contribution is 2.27. The zero-order valence-electron chi connectivity index (χ0n) is 13.3. The molecule has 1 heterocycles. The maximum atomic E-state index is 11.8. The van der Waals surface area contributed by atoms with Crippen LogP contribution in [0.15, 0.2) is 0 Å². The molecule has 0 aliphatic carbocycles. The molecule has 0 saturated carbocycles. The van der Waals surface area contributed by atoms with Crippen LogP contribution in [0, 0.1) is 17.3 Å². The Hall–Kier alpha value is -1.10. The molecule has 0 radical (unpaired) electrons. The third-order valence-corrected chi connectivity index (χ3v) is 3.69. The van der Waals surface area contributed by atoms with Gasteiger partial charge in [0.1, 0.15) is 0 Å². The first-order valence-corrected chi connectivity index (χ1v) is 7.39. The zero-order chi connectivity index (χ0) is 15.3. The van der Waals surface area contributed by atoms with Gasteiger partial charge in [-0.15, -0.1) is 5.06 Å². The van der Waals surface area contributed by atoms with E-state index in [2.05, 4.69) is 0 Å². The van der Waals surface area contributed by atoms with Crippen LogP contribution in [-0.2, 0) is 19.2 Å². The maximum Gasteiger partial charge on any atom is 0.330 e. The highest BCUT2D eigenvalue weighted by molar-refractivity contribution is 5.75. The number of nitrogens with zero attached hydrogens (tertiary/aromatic N) is 1. The van der Waals surface area contributed by atoms with E-state index >= 15 is 0 Å². The fourth-order valence-electron chi connectivity index (χ4n) is 2.19. The lowest BCUT2D eigenvalue weighted by atomic mass is 9.86. The molecule has 5 heteroatoms. The Bertz CT molecular complexity index is 340. The second kappa shape index (κ2) is 7.07. The lowest BCUT2D eigenvalue weighted by Crippen LogP contribution is -2.41. The summed E-state index contributed by atoms with van der Waals surface area (Å²) in [4.78, 5) is 28.9. The summed E-state index contributed by atoms with van der Waals surface area (Å²) >= 11 is 0. The number of carbonyl (C=O) groups is 2. The van der Waals surface area contributed by atoms with E-state index in [1.54, 1.807) is 5.06 Å². The van der Waals surface area contributed by atoms with Crippen LogP contribution in [-0.4, -0.2) is 36.7 Å². The Morgan fingerprint density at radius 3 is 2.25 bits per heavy atom. The fraction of sp³-hybridized carbons (Fsp3) is 0.867. The summed E-state index contributed by atoms with van der Waals surface area (Å²) in [6, 6.07) is 0. The molecule has 0 amide bonds. The quantitative estimate of drug-likeness (QED) is 0.742. The van der Waals surface area contributed by atoms with E-state index in [-0.39, 0.29) is 17.9 Å². The summed E-state index contributed by atoms with van der Waals surface area (Å²) < 4.78 is 5.06. The highest BCUT2D eigenvalue weighted by Gasteiger charge is 2.32. The van der Waals surface area contributed by atoms with Gasteiger partial charge in [-0.25, -0.2) is 4.79 Å². The van der Waals surface area contributed by atoms with Crippen LogP contribution in [0.3, 0.4) is 0 Å². The van der Waals surface area contributed by atoms with E-state index in [0.29, 0.717) is 25.6 Å². The average Bonchev–Trinajstić information content (AvgIpc) is 2.38. The minimum Gasteiger partial charge on any atom is -0.466 e. The fourth-order valence-corrected chi connectivity index (χ4v) is 2.19. The summed E-state index contributed by atoms with van der Waals surface area (Å²) in [6.07, 6.45) is 1.69. The minimum atomic E-state index is -0.491. The Kier molecular flexibility index (Phi) is 5.99. The number of hydrogen-bond acceptors (Lipinski definition) is 5. The molecule has 1 saturated heterocycles. The van der Waals surface area contributed by atoms with Gasteiger partial charge in [0.15, 0.2) is 0 Å². The van der Waals surface area contributed by atoms with Crippen LogP contribution in [0.4, 0.5) is 0 Å². The van der Waals surface area contributed by atoms with Crippen LogP contribution in [0.1, 0.15) is 47.5 Å². The topological polar surface area (TPSA) is 55.8 Å². The Morgan fingerprint density at radius 1 is 1.25 bits per heavy atom. The summed E-state index contributed by atoms with van der Waals surface area (Å²) in [5, 5.41) is 1.71. The van der Waals surface area contributed by atoms with Crippen molar-refractivity contribution in [3.8, 4) is 0 Å². The monoisotopic (exact) mass is 285 g/mol. The third kappa shape index (κ3) is 4.78. The molecule has 0 N–H and O–H groups in total. The minimum absolute atomic E-state index is 0.0876. The van der Waals surface area contributed by atoms with Crippen molar-refractivity contribution in [3.05, 3.63) is 0 Å². The zero-order valence-corrected chi connectivity index (χ0v) is 13.3. The summed E-state index contributed by atoms with van der Waals surface area (Å²) in [6.45, 7) is 11.0. The van der Waals surface area contributed by atoms with Crippen molar-refractivity contribution in [2.24, 2.45) is 17.3 Å². The number of carbonyl (C=O) groups excluding carboxylic acids is 2. The van der Waals surface area contributed by atoms with Crippen LogP contribution in [0.2, 0.25) is 0 Å². The van der Waals surface area contributed by atoms with Gasteiger partial charge < -0.3 is 9.57 Å². The summed E-state index contributed by atoms with van der Waals surface area (Å²) in [5.74, 6) is -0.124. The summed E-state index contributed by atoms with van der Waals surface area (Å²) in [7, 11) is 0. The smallest absolute Gasteiger partial charge is 0.330 e. The number of hydrogen-bond donors (Lipinski definition) is 0. The Balaban J connectivity index is 2.40. The number of hydroxylamine groups is 2. The lowest BCUT2D eigenvalue weighted by molar-refractivity contribution is -0.207. The van der Waals surface area contributed by atoms with Crippen molar-refractivity contribution in [1.29, 1.82) is 0 Å². The largest absolute Gasteiger partial charge is 0.466 e. The molecule has 1 fully saturated rings. The molecule has 116 valence electrons. The van der Waals surface area contributed by atoms with Crippen molar-refractivity contribution in [2.75, 3.05) is 19.7 Å². The molecule has 1 aliphatic heterocycles. The molecule has 0 aromatic heterocycles. The van der Waals surface area contributed by atoms with Crippen molar-refractivity contribution in [1.82, 2.24) is 5.06 Å². The van der Waals surface area contributed by atoms with E-state index in [4.69, 9.17) is 9.57 Å². The normalized spacial score (nSPS) is 19.4. The van der Waals surface area contributed by atoms with Crippen LogP contribution < -0.4 is 0 Å². The van der Waals surface area contributed by atoms with E-state index in [1.807, 2.05) is 34.6 Å². The van der Waals surface area contributed by atoms with E-state index in [1.165, 1.54) is 0 Å². The molecular formula is C15H27NO4. The summed E-state index contributed by atoms with van der Waals surface area (Å²) in [5.41, 5.74) is -0.491. The second-order valence-electron chi connectivity index (χ2n) is 6.44. The number of ether oxygens (including phenoxy) is 1. The predicted molar refractivity (Wildman–Crippen MR) is 75.6 cm³/mol. The van der Waals surface area contributed by atoms with Crippen LogP contribution >= 0.6 is 0 Å². The van der Waals surface area contributed by atoms with Gasteiger partial charge in [0, 0.05) is 13.1 Å². The first-order chi connectivity index (χ1) is 9.25. The molecule has 1 aliphatic rings. The third-order valence-electron chi connectivity index (χ3n) is 3.69. The molecule has 0 bridgehead atoms. The van der Waals surface area contributed by atoms with Crippen LogP contribution in [0.25, 0.3) is 0 Å². The molecule has 1 rings (SSSR count). The Labute approximate surface area is 121 Å². The average molecular weight is 285 g/mol. The van der Waals surface area contributed by atoms with Gasteiger partial charge in [-0.2, -0.15) is 0 Å². The molecule has 0 aromatic carbocycles. The Morgan fingerprint density at radius 2 is 1.80 bits per heavy atom. The molecule has 20 heavy (non-hydrogen) atoms. The van der Waals surface area contributed by atoms with Crippen molar-refractivity contribution in [3.63, 3.8) is 0 Å². The van der Waals surface area contributed by atoms with Gasteiger partial charge in [0.2, 0.25) is 0 Å². The van der Waals surface area contributed by atoms with E-state index < -0.39 is 5.41 Å². The first kappa shape index (κ1) is 17.0. The van der Waals surface area contributed by atoms with Gasteiger partial charge in [-0.1, -0.05) is 6.92 Å². The van der Waals surface area contributed by atoms with Crippen molar-refractivity contribution >= 4 is 11.9 Å². The molecule has 0 aromatic rings. The van der Waals surface area contributed by atoms with Crippen molar-refractivity contribution < 1.29 is 19.2 Å². The molecule has 1 atom stereocenters. The lowest BCUT2D eigenvalue weighted by Gasteiger charge is -2.33. The number of piperidine rings is 1. The van der Waals surface area contributed by atoms with Gasteiger partial charge in [0.25, 0.3) is 0 Å². The number of esters is 1. The second-order valence-corrected chi connectivity index (χ2v) is 6.44. The standard InChI is InChI=1S/C15H27NO4/c1-6-19-13(17)11(2)12-7-9-16(10-8-12)20-14(18)15(3,4)5/h11-12H,6-10H2,1-5H3. The molecule has 1 unspecified atom stereocenters. The molecule has 5 nitrogen and oxygen atoms in total. The van der Waals surface area contributed by atoms with Gasteiger partial charge in [-0.3, -0.25) is 4.79 Å². The molecular weight excluding hydrogens is 258 g/mol.